The summed E-state index contributed by atoms with van der Waals surface area (Å²) in [5, 5.41) is 9.65. The Bertz CT molecular complexity index is 503. The summed E-state index contributed by atoms with van der Waals surface area (Å²) in [7, 11) is 0. The quantitative estimate of drug-likeness (QED) is 0.923. The Hall–Kier alpha value is -1.55. The van der Waals surface area contributed by atoms with Gasteiger partial charge in [-0.25, -0.2) is 0 Å². The normalized spacial score (nSPS) is 22.5. The summed E-state index contributed by atoms with van der Waals surface area (Å²) >= 11 is 5.87. The van der Waals surface area contributed by atoms with Crippen molar-refractivity contribution >= 4 is 23.5 Å². The molecule has 1 saturated heterocycles. The maximum atomic E-state index is 12.1. The lowest BCUT2D eigenvalue weighted by atomic mass is 9.99. The van der Waals surface area contributed by atoms with Gasteiger partial charge in [0.05, 0.1) is 12.3 Å². The molecule has 0 saturated carbocycles. The first kappa shape index (κ1) is 13.9. The molecule has 5 heteroatoms. The Morgan fingerprint density at radius 2 is 2.16 bits per heavy atom. The van der Waals surface area contributed by atoms with Gasteiger partial charge < -0.3 is 10.0 Å². The van der Waals surface area contributed by atoms with Crippen molar-refractivity contribution in [2.75, 3.05) is 13.1 Å². The Balaban J connectivity index is 2.00. The van der Waals surface area contributed by atoms with Gasteiger partial charge in [-0.05, 0) is 23.6 Å². The smallest absolute Gasteiger partial charge is 0.308 e. The number of carbonyl (C=O) groups excluding carboxylic acids is 1. The van der Waals surface area contributed by atoms with E-state index in [1.807, 2.05) is 13.0 Å². The maximum absolute atomic E-state index is 12.1. The van der Waals surface area contributed by atoms with Crippen LogP contribution in [0.15, 0.2) is 24.3 Å². The van der Waals surface area contributed by atoms with E-state index in [0.29, 0.717) is 18.1 Å². The number of hydrogen-bond donors (Lipinski definition) is 1. The maximum Gasteiger partial charge on any atom is 0.308 e. The molecule has 1 aliphatic rings. The molecule has 0 aromatic heterocycles. The molecule has 1 N–H and O–H groups in total. The van der Waals surface area contributed by atoms with Crippen molar-refractivity contribution in [2.24, 2.45) is 11.8 Å². The topological polar surface area (TPSA) is 57.6 Å². The van der Waals surface area contributed by atoms with Crippen LogP contribution in [0.4, 0.5) is 0 Å². The van der Waals surface area contributed by atoms with Crippen LogP contribution in [0.5, 0.6) is 0 Å². The average molecular weight is 282 g/mol. The zero-order chi connectivity index (χ0) is 14.0. The molecule has 2 unspecified atom stereocenters. The van der Waals surface area contributed by atoms with E-state index in [-0.39, 0.29) is 18.2 Å². The number of carboxylic acid groups (broad SMARTS) is 1. The van der Waals surface area contributed by atoms with Crippen molar-refractivity contribution in [1.82, 2.24) is 4.90 Å². The summed E-state index contributed by atoms with van der Waals surface area (Å²) < 4.78 is 0. The highest BCUT2D eigenvalue weighted by Crippen LogP contribution is 2.24. The fourth-order valence-corrected chi connectivity index (χ4v) is 2.64. The number of amides is 1. The fourth-order valence-electron chi connectivity index (χ4n) is 2.43. The van der Waals surface area contributed by atoms with E-state index in [4.69, 9.17) is 16.7 Å². The minimum Gasteiger partial charge on any atom is -0.481 e. The molecule has 1 amide bonds. The monoisotopic (exact) mass is 281 g/mol. The van der Waals surface area contributed by atoms with Gasteiger partial charge in [0.15, 0.2) is 0 Å². The molecule has 4 nitrogen and oxygen atoms in total. The van der Waals surface area contributed by atoms with E-state index in [1.54, 1.807) is 23.1 Å². The van der Waals surface area contributed by atoms with Crippen LogP contribution in [0, 0.1) is 11.8 Å². The lowest BCUT2D eigenvalue weighted by Crippen LogP contribution is -2.31. The Kier molecular flexibility index (Phi) is 4.10. The van der Waals surface area contributed by atoms with Gasteiger partial charge in [-0.3, -0.25) is 9.59 Å². The van der Waals surface area contributed by atoms with Crippen molar-refractivity contribution in [2.45, 2.75) is 13.3 Å². The van der Waals surface area contributed by atoms with E-state index in [0.717, 1.165) is 5.56 Å². The summed E-state index contributed by atoms with van der Waals surface area (Å²) in [5.41, 5.74) is 0.851. The summed E-state index contributed by atoms with van der Waals surface area (Å²) in [4.78, 5) is 24.8. The van der Waals surface area contributed by atoms with Crippen molar-refractivity contribution in [3.8, 4) is 0 Å². The summed E-state index contributed by atoms with van der Waals surface area (Å²) in [5.74, 6) is -1.33. The molecule has 1 heterocycles. The highest BCUT2D eigenvalue weighted by Gasteiger charge is 2.36. The van der Waals surface area contributed by atoms with Gasteiger partial charge in [0, 0.05) is 18.1 Å². The highest BCUT2D eigenvalue weighted by molar-refractivity contribution is 6.30. The third-order valence-electron chi connectivity index (χ3n) is 3.53. The SMILES string of the molecule is CC1CN(C(=O)Cc2cccc(Cl)c2)CC1C(=O)O. The number of halogens is 1. The first-order valence-corrected chi connectivity index (χ1v) is 6.60. The number of likely N-dealkylation sites (tertiary alicyclic amines) is 1. The Labute approximate surface area is 117 Å². The van der Waals surface area contributed by atoms with Gasteiger partial charge in [-0.1, -0.05) is 30.7 Å². The van der Waals surface area contributed by atoms with Crippen LogP contribution in [0.2, 0.25) is 5.02 Å². The van der Waals surface area contributed by atoms with Crippen molar-refractivity contribution in [1.29, 1.82) is 0 Å². The largest absolute Gasteiger partial charge is 0.481 e. The number of hydrogen-bond acceptors (Lipinski definition) is 2. The molecular weight excluding hydrogens is 266 g/mol. The Morgan fingerprint density at radius 3 is 2.74 bits per heavy atom. The second kappa shape index (κ2) is 5.61. The second-order valence-electron chi connectivity index (χ2n) is 5.03. The molecule has 1 aliphatic heterocycles. The van der Waals surface area contributed by atoms with E-state index >= 15 is 0 Å². The van der Waals surface area contributed by atoms with Crippen LogP contribution in [0.3, 0.4) is 0 Å². The van der Waals surface area contributed by atoms with E-state index in [1.165, 1.54) is 0 Å². The summed E-state index contributed by atoms with van der Waals surface area (Å²) in [6.07, 6.45) is 0.264. The van der Waals surface area contributed by atoms with Crippen LogP contribution >= 0.6 is 11.6 Å². The van der Waals surface area contributed by atoms with Gasteiger partial charge in [0.25, 0.3) is 0 Å². The minimum absolute atomic E-state index is 0.000751. The minimum atomic E-state index is -0.828. The average Bonchev–Trinajstić information content (AvgIpc) is 2.71. The lowest BCUT2D eigenvalue weighted by molar-refractivity contribution is -0.142. The van der Waals surface area contributed by atoms with Crippen LogP contribution < -0.4 is 0 Å². The van der Waals surface area contributed by atoms with Crippen LogP contribution in [-0.2, 0) is 16.0 Å². The first-order valence-electron chi connectivity index (χ1n) is 6.22. The molecule has 1 fully saturated rings. The van der Waals surface area contributed by atoms with Gasteiger partial charge >= 0.3 is 5.97 Å². The van der Waals surface area contributed by atoms with Crippen LogP contribution in [-0.4, -0.2) is 35.0 Å². The molecule has 1 aromatic carbocycles. The molecule has 102 valence electrons. The Morgan fingerprint density at radius 1 is 1.42 bits per heavy atom. The van der Waals surface area contributed by atoms with Crippen LogP contribution in [0.25, 0.3) is 0 Å². The predicted octanol–water partition coefficient (Wildman–Crippen LogP) is 2.06. The van der Waals surface area contributed by atoms with Crippen molar-refractivity contribution in [3.63, 3.8) is 0 Å². The van der Waals surface area contributed by atoms with Gasteiger partial charge in [0.1, 0.15) is 0 Å². The number of rotatable bonds is 3. The molecule has 1 aromatic rings. The zero-order valence-corrected chi connectivity index (χ0v) is 11.4. The van der Waals surface area contributed by atoms with Crippen molar-refractivity contribution < 1.29 is 14.7 Å². The van der Waals surface area contributed by atoms with Gasteiger partial charge in [-0.15, -0.1) is 0 Å². The fraction of sp³-hybridized carbons (Fsp3) is 0.429. The number of nitrogens with zero attached hydrogens (tertiary/aromatic N) is 1. The third-order valence-corrected chi connectivity index (χ3v) is 3.76. The number of carboxylic acids is 1. The molecule has 19 heavy (non-hydrogen) atoms. The molecule has 0 bridgehead atoms. The highest BCUT2D eigenvalue weighted by atomic mass is 35.5. The standard InChI is InChI=1S/C14H16ClNO3/c1-9-7-16(8-12(9)14(18)19)13(17)6-10-3-2-4-11(15)5-10/h2-5,9,12H,6-8H2,1H3,(H,18,19). The predicted molar refractivity (Wildman–Crippen MR) is 72.0 cm³/mol. The van der Waals surface area contributed by atoms with Crippen LogP contribution in [0.1, 0.15) is 12.5 Å². The third kappa shape index (κ3) is 3.26. The van der Waals surface area contributed by atoms with E-state index in [2.05, 4.69) is 0 Å². The lowest BCUT2D eigenvalue weighted by Gasteiger charge is -2.15. The first-order chi connectivity index (χ1) is 8.97. The molecular formula is C14H16ClNO3. The molecule has 2 atom stereocenters. The molecule has 2 rings (SSSR count). The number of benzene rings is 1. The van der Waals surface area contributed by atoms with Crippen molar-refractivity contribution in [3.05, 3.63) is 34.9 Å². The number of carbonyl (C=O) groups is 2. The zero-order valence-electron chi connectivity index (χ0n) is 10.7. The van der Waals surface area contributed by atoms with E-state index in [9.17, 15) is 9.59 Å². The van der Waals surface area contributed by atoms with Gasteiger partial charge in [-0.2, -0.15) is 0 Å². The summed E-state index contributed by atoms with van der Waals surface area (Å²) in [6.45, 7) is 2.68. The van der Waals surface area contributed by atoms with E-state index < -0.39 is 11.9 Å². The van der Waals surface area contributed by atoms with Gasteiger partial charge in [0.2, 0.25) is 5.91 Å². The second-order valence-corrected chi connectivity index (χ2v) is 5.46. The molecule has 0 aliphatic carbocycles. The molecule has 0 radical (unpaired) electrons. The number of aliphatic carboxylic acids is 1. The molecule has 0 spiro atoms. The summed E-state index contributed by atoms with van der Waals surface area (Å²) in [6, 6.07) is 7.16.